The van der Waals surface area contributed by atoms with Crippen LogP contribution in [0.2, 0.25) is 0 Å². The highest BCUT2D eigenvalue weighted by atomic mass is 16.4. The van der Waals surface area contributed by atoms with E-state index in [1.54, 1.807) is 4.90 Å². The maximum atomic E-state index is 14.1. The number of carboxylic acid groups (broad SMARTS) is 1. The van der Waals surface area contributed by atoms with Crippen LogP contribution in [0.15, 0.2) is 41.1 Å². The Morgan fingerprint density at radius 3 is 2.45 bits per heavy atom. The van der Waals surface area contributed by atoms with Crippen LogP contribution in [0, 0.1) is 5.92 Å². The number of oxazole rings is 1. The number of benzene rings is 1. The molecule has 3 N–H and O–H groups in total. The molecule has 0 radical (unpaired) electrons. The predicted octanol–water partition coefficient (Wildman–Crippen LogP) is 4.35. The van der Waals surface area contributed by atoms with Crippen molar-refractivity contribution in [2.75, 3.05) is 13.1 Å². The number of hydrogen-bond donors (Lipinski definition) is 2. The molecular formula is C28H37N5O5. The number of nitrogens with two attached hydrogens (primary N) is 1. The van der Waals surface area contributed by atoms with E-state index >= 15 is 0 Å². The molecule has 1 aromatic carbocycles. The Balaban J connectivity index is 1.82. The highest BCUT2D eigenvalue weighted by Gasteiger charge is 2.40. The zero-order chi connectivity index (χ0) is 27.4. The lowest BCUT2D eigenvalue weighted by Gasteiger charge is -2.34. The molecule has 0 aliphatic carbocycles. The molecule has 38 heavy (non-hydrogen) atoms. The average molecular weight is 524 g/mol. The zero-order valence-electron chi connectivity index (χ0n) is 22.3. The number of carbonyl (C=O) groups is 3. The largest absolute Gasteiger partial charge is 0.476 e. The van der Waals surface area contributed by atoms with Gasteiger partial charge in [-0.3, -0.25) is 4.79 Å². The lowest BCUT2D eigenvalue weighted by Crippen LogP contribution is -2.54. The van der Waals surface area contributed by atoms with Crippen molar-refractivity contribution >= 4 is 28.8 Å². The molecule has 0 unspecified atom stereocenters. The zero-order valence-corrected chi connectivity index (χ0v) is 22.3. The summed E-state index contributed by atoms with van der Waals surface area (Å²) < 4.78 is 7.61. The minimum absolute atomic E-state index is 0.0106. The smallest absolute Gasteiger partial charge is 0.357 e. The molecule has 3 aromatic rings. The number of hydrogen-bond acceptors (Lipinski definition) is 6. The number of aromatic carboxylic acids is 1. The van der Waals surface area contributed by atoms with Gasteiger partial charge in [-0.2, -0.15) is 0 Å². The second-order valence-corrected chi connectivity index (χ2v) is 10.5. The van der Waals surface area contributed by atoms with Crippen LogP contribution in [0.4, 0.5) is 4.79 Å². The maximum absolute atomic E-state index is 14.1. The van der Waals surface area contributed by atoms with Crippen LogP contribution in [-0.2, 0) is 18.3 Å². The first-order chi connectivity index (χ1) is 18.2. The van der Waals surface area contributed by atoms with Crippen molar-refractivity contribution in [1.82, 2.24) is 19.4 Å². The molecule has 2 atom stereocenters. The number of aryl methyl sites for hydroxylation is 1. The van der Waals surface area contributed by atoms with Crippen molar-refractivity contribution in [2.45, 2.75) is 64.5 Å². The Morgan fingerprint density at radius 2 is 1.82 bits per heavy atom. The minimum Gasteiger partial charge on any atom is -0.476 e. The molecule has 3 heterocycles. The van der Waals surface area contributed by atoms with E-state index in [2.05, 4.69) is 4.98 Å². The van der Waals surface area contributed by atoms with Gasteiger partial charge >= 0.3 is 12.0 Å². The van der Waals surface area contributed by atoms with Crippen LogP contribution in [0.1, 0.15) is 73.9 Å². The third-order valence-corrected chi connectivity index (χ3v) is 7.09. The van der Waals surface area contributed by atoms with Gasteiger partial charge in [0.1, 0.15) is 12.3 Å². The molecule has 2 aromatic heterocycles. The van der Waals surface area contributed by atoms with Crippen LogP contribution in [-0.4, -0.2) is 61.5 Å². The van der Waals surface area contributed by atoms with Gasteiger partial charge in [-0.05, 0) is 36.8 Å². The van der Waals surface area contributed by atoms with E-state index in [-0.39, 0.29) is 23.9 Å². The number of rotatable bonds is 8. The first-order valence-corrected chi connectivity index (χ1v) is 13.3. The van der Waals surface area contributed by atoms with E-state index in [1.807, 2.05) is 55.9 Å². The minimum atomic E-state index is -1.25. The van der Waals surface area contributed by atoms with Crippen molar-refractivity contribution in [3.8, 4) is 0 Å². The SMILES string of the molecule is CC(C)C[C@H](N)C(=O)N(C(=O)N1CCCCCC1)[C@H](Cc1cn(C)c2ccccc12)c1nc(C(=O)O)co1. The molecule has 1 aliphatic rings. The van der Waals surface area contributed by atoms with E-state index in [0.717, 1.165) is 48.4 Å². The predicted molar refractivity (Wildman–Crippen MR) is 143 cm³/mol. The van der Waals surface area contributed by atoms with Crippen LogP contribution in [0.3, 0.4) is 0 Å². The summed E-state index contributed by atoms with van der Waals surface area (Å²) in [4.78, 5) is 46.7. The second kappa shape index (κ2) is 11.8. The fourth-order valence-electron chi connectivity index (χ4n) is 5.21. The Labute approximate surface area is 222 Å². The van der Waals surface area contributed by atoms with E-state index < -0.39 is 30.0 Å². The van der Waals surface area contributed by atoms with E-state index in [9.17, 15) is 19.5 Å². The number of urea groups is 1. The fraction of sp³-hybridized carbons (Fsp3) is 0.500. The van der Waals surface area contributed by atoms with E-state index in [4.69, 9.17) is 10.2 Å². The van der Waals surface area contributed by atoms with Gasteiger partial charge < -0.3 is 24.7 Å². The molecule has 0 bridgehead atoms. The number of nitrogens with zero attached hydrogens (tertiary/aromatic N) is 4. The van der Waals surface area contributed by atoms with Crippen molar-refractivity contribution in [1.29, 1.82) is 0 Å². The molecule has 1 saturated heterocycles. The Hall–Kier alpha value is -3.66. The molecule has 3 amide bonds. The molecule has 4 rings (SSSR count). The number of amides is 3. The normalized spacial score (nSPS) is 15.9. The van der Waals surface area contributed by atoms with Crippen LogP contribution < -0.4 is 5.73 Å². The molecule has 204 valence electrons. The van der Waals surface area contributed by atoms with Gasteiger partial charge in [-0.1, -0.05) is 44.9 Å². The summed E-state index contributed by atoms with van der Waals surface area (Å²) in [5, 5.41) is 10.5. The molecule has 1 fully saturated rings. The summed E-state index contributed by atoms with van der Waals surface area (Å²) in [5.74, 6) is -1.64. The highest BCUT2D eigenvalue weighted by Crippen LogP contribution is 2.32. The second-order valence-electron chi connectivity index (χ2n) is 10.5. The standard InChI is InChI=1S/C28H37N5O5/c1-18(2)14-21(29)26(34)33(28(37)32-12-8-4-5-9-13-32)24(25-30-22(17-38-25)27(35)36)15-19-16-31(3)23-11-7-6-10-20(19)23/h6-7,10-11,16-18,21,24H,4-5,8-9,12-15,29H2,1-3H3,(H,35,36)/t21-,24+/m0/s1. The Kier molecular flexibility index (Phi) is 8.51. The van der Waals surface area contributed by atoms with Crippen molar-refractivity contribution < 1.29 is 23.9 Å². The molecule has 10 nitrogen and oxygen atoms in total. The number of para-hydroxylation sites is 1. The quantitative estimate of drug-likeness (QED) is 0.448. The Bertz CT molecular complexity index is 1290. The monoisotopic (exact) mass is 523 g/mol. The first kappa shape index (κ1) is 27.4. The van der Waals surface area contributed by atoms with Gasteiger partial charge in [-0.25, -0.2) is 19.5 Å². The van der Waals surface area contributed by atoms with Crippen LogP contribution >= 0.6 is 0 Å². The van der Waals surface area contributed by atoms with Crippen molar-refractivity contribution in [2.24, 2.45) is 18.7 Å². The van der Waals surface area contributed by atoms with Gasteiger partial charge in [0.05, 0.1) is 6.04 Å². The topological polar surface area (TPSA) is 135 Å². The Morgan fingerprint density at radius 1 is 1.13 bits per heavy atom. The summed E-state index contributed by atoms with van der Waals surface area (Å²) in [6.45, 7) is 5.01. The summed E-state index contributed by atoms with van der Waals surface area (Å²) in [5.41, 5.74) is 7.95. The van der Waals surface area contributed by atoms with Crippen LogP contribution in [0.25, 0.3) is 10.9 Å². The molecule has 1 aliphatic heterocycles. The van der Waals surface area contributed by atoms with Gasteiger partial charge in [0.2, 0.25) is 11.8 Å². The molecule has 10 heteroatoms. The third kappa shape index (κ3) is 5.91. The first-order valence-electron chi connectivity index (χ1n) is 13.3. The van der Waals surface area contributed by atoms with Gasteiger partial charge in [0.15, 0.2) is 5.69 Å². The lowest BCUT2D eigenvalue weighted by atomic mass is 10.00. The summed E-state index contributed by atoms with van der Waals surface area (Å²) in [6, 6.07) is 5.51. The lowest BCUT2D eigenvalue weighted by molar-refractivity contribution is -0.133. The molecule has 0 saturated carbocycles. The van der Waals surface area contributed by atoms with Crippen molar-refractivity contribution in [3.05, 3.63) is 53.9 Å². The number of aromatic nitrogens is 2. The number of imide groups is 1. The van der Waals surface area contributed by atoms with Crippen LogP contribution in [0.5, 0.6) is 0 Å². The fourth-order valence-corrected chi connectivity index (χ4v) is 5.21. The third-order valence-electron chi connectivity index (χ3n) is 7.09. The number of fused-ring (bicyclic) bond motifs is 1. The average Bonchev–Trinajstić information content (AvgIpc) is 3.38. The molecular weight excluding hydrogens is 486 g/mol. The number of carbonyl (C=O) groups excluding carboxylic acids is 2. The van der Waals surface area contributed by atoms with Gasteiger partial charge in [0.25, 0.3) is 0 Å². The van der Waals surface area contributed by atoms with Gasteiger partial charge in [-0.15, -0.1) is 0 Å². The van der Waals surface area contributed by atoms with Crippen molar-refractivity contribution in [3.63, 3.8) is 0 Å². The molecule has 0 spiro atoms. The summed E-state index contributed by atoms with van der Waals surface area (Å²) in [6.07, 6.45) is 7.32. The van der Waals surface area contributed by atoms with E-state index in [1.165, 1.54) is 4.90 Å². The maximum Gasteiger partial charge on any atom is 0.357 e. The summed E-state index contributed by atoms with van der Waals surface area (Å²) >= 11 is 0. The highest BCUT2D eigenvalue weighted by molar-refractivity contribution is 5.97. The number of likely N-dealkylation sites (tertiary alicyclic amines) is 1. The number of carboxylic acids is 1. The van der Waals surface area contributed by atoms with Gasteiger partial charge in [0, 0.05) is 43.7 Å². The summed E-state index contributed by atoms with van der Waals surface area (Å²) in [7, 11) is 1.93. The van der Waals surface area contributed by atoms with E-state index in [0.29, 0.717) is 19.5 Å².